The monoisotopic (exact) mass is 297 g/mol. The van der Waals surface area contributed by atoms with Gasteiger partial charge in [-0.15, -0.1) is 13.2 Å². The van der Waals surface area contributed by atoms with Gasteiger partial charge in [0.15, 0.2) is 11.3 Å². The summed E-state index contributed by atoms with van der Waals surface area (Å²) in [5.41, 5.74) is -2.23. The quantitative estimate of drug-likeness (QED) is 0.484. The zero-order valence-corrected chi connectivity index (χ0v) is 9.32. The first-order valence-electron chi connectivity index (χ1n) is 4.74. The molecular weight excluding hydrogens is 293 g/mol. The Morgan fingerprint density at radius 1 is 1.50 bits per heavy atom. The number of hydrogen-bond donors (Lipinski definition) is 0. The van der Waals surface area contributed by atoms with E-state index in [0.717, 1.165) is 0 Å². The number of nitro groups is 1. The van der Waals surface area contributed by atoms with Gasteiger partial charge in [-0.25, -0.2) is 8.78 Å². The number of pyridine rings is 1. The van der Waals surface area contributed by atoms with Crippen LogP contribution in [0.1, 0.15) is 17.6 Å². The van der Waals surface area contributed by atoms with Gasteiger partial charge in [0.25, 0.3) is 6.43 Å². The number of aromatic nitrogens is 1. The van der Waals surface area contributed by atoms with Crippen LogP contribution in [-0.4, -0.2) is 16.3 Å². The molecule has 1 heterocycles. The molecule has 1 aromatic rings. The maximum atomic E-state index is 12.8. The van der Waals surface area contributed by atoms with Crippen LogP contribution < -0.4 is 4.74 Å². The second-order valence-corrected chi connectivity index (χ2v) is 3.29. The molecule has 0 aliphatic rings. The van der Waals surface area contributed by atoms with Crippen LogP contribution in [0, 0.1) is 21.4 Å². The van der Waals surface area contributed by atoms with Gasteiger partial charge in [-0.3, -0.25) is 0 Å². The van der Waals surface area contributed by atoms with Gasteiger partial charge < -0.3 is 14.9 Å². The number of ether oxygens (including phenoxy) is 1. The van der Waals surface area contributed by atoms with Gasteiger partial charge in [-0.1, -0.05) is 0 Å². The first kappa shape index (κ1) is 15.5. The maximum absolute atomic E-state index is 12.8. The molecule has 0 fully saturated rings. The second kappa shape index (κ2) is 5.64. The van der Waals surface area contributed by atoms with E-state index in [4.69, 9.17) is 5.26 Å². The van der Waals surface area contributed by atoms with E-state index >= 15 is 0 Å². The first-order valence-corrected chi connectivity index (χ1v) is 4.74. The molecule has 0 saturated heterocycles. The van der Waals surface area contributed by atoms with Crippen molar-refractivity contribution in [2.45, 2.75) is 19.2 Å². The highest BCUT2D eigenvalue weighted by Crippen LogP contribution is 2.40. The molecule has 0 saturated carbocycles. The summed E-state index contributed by atoms with van der Waals surface area (Å²) >= 11 is 0. The van der Waals surface area contributed by atoms with Crippen molar-refractivity contribution in [1.82, 2.24) is 4.98 Å². The molecule has 0 bridgehead atoms. The summed E-state index contributed by atoms with van der Waals surface area (Å²) in [5.74, 6) is -2.92. The largest absolute Gasteiger partial charge is 0.573 e. The average Bonchev–Trinajstić information content (AvgIpc) is 2.28. The minimum Gasteiger partial charge on any atom is -0.404 e. The van der Waals surface area contributed by atoms with Gasteiger partial charge in [0.2, 0.25) is 0 Å². The van der Waals surface area contributed by atoms with E-state index in [1.165, 1.54) is 6.07 Å². The van der Waals surface area contributed by atoms with Crippen LogP contribution in [0.3, 0.4) is 0 Å². The summed E-state index contributed by atoms with van der Waals surface area (Å²) in [7, 11) is 0. The fourth-order valence-corrected chi connectivity index (χ4v) is 1.33. The van der Waals surface area contributed by atoms with Crippen LogP contribution in [0.25, 0.3) is 0 Å². The molecule has 0 N–H and O–H groups in total. The summed E-state index contributed by atoms with van der Waals surface area (Å²) in [5, 5.41) is 18.9. The molecule has 0 aromatic carbocycles. The van der Waals surface area contributed by atoms with Crippen molar-refractivity contribution in [3.63, 3.8) is 0 Å². The molecule has 11 heteroatoms. The van der Waals surface area contributed by atoms with Gasteiger partial charge >= 0.3 is 12.2 Å². The van der Waals surface area contributed by atoms with E-state index in [-0.39, 0.29) is 0 Å². The molecule has 1 aromatic heterocycles. The highest BCUT2D eigenvalue weighted by atomic mass is 19.4. The molecule has 20 heavy (non-hydrogen) atoms. The minimum atomic E-state index is -5.34. The van der Waals surface area contributed by atoms with Crippen molar-refractivity contribution in [3.05, 3.63) is 27.4 Å². The van der Waals surface area contributed by atoms with E-state index in [2.05, 4.69) is 9.72 Å². The lowest BCUT2D eigenvalue weighted by molar-refractivity contribution is -0.391. The maximum Gasteiger partial charge on any atom is 0.573 e. The topological polar surface area (TPSA) is 89.0 Å². The predicted molar refractivity (Wildman–Crippen MR) is 51.8 cm³/mol. The molecule has 0 unspecified atom stereocenters. The zero-order valence-electron chi connectivity index (χ0n) is 9.32. The number of nitrogens with zero attached hydrogens (tertiary/aromatic N) is 3. The second-order valence-electron chi connectivity index (χ2n) is 3.29. The average molecular weight is 297 g/mol. The standard InChI is InChI=1S/C9H4F5N3O3/c10-7(11)5-6(20-9(12,13)14)4(1-2-15)3-16-8(5)17(18)19/h3,7H,1H2. The van der Waals surface area contributed by atoms with Crippen molar-refractivity contribution in [3.8, 4) is 11.8 Å². The van der Waals surface area contributed by atoms with E-state index in [9.17, 15) is 32.1 Å². The van der Waals surface area contributed by atoms with Crippen LogP contribution in [0.4, 0.5) is 27.8 Å². The van der Waals surface area contributed by atoms with Crippen LogP contribution in [0.5, 0.6) is 5.75 Å². The van der Waals surface area contributed by atoms with Crippen LogP contribution in [-0.2, 0) is 6.42 Å². The highest BCUT2D eigenvalue weighted by molar-refractivity contribution is 5.50. The summed E-state index contributed by atoms with van der Waals surface area (Å²) in [6, 6.07) is 1.42. The smallest absolute Gasteiger partial charge is 0.404 e. The number of alkyl halides is 5. The fraction of sp³-hybridized carbons (Fsp3) is 0.333. The highest BCUT2D eigenvalue weighted by Gasteiger charge is 2.38. The summed E-state index contributed by atoms with van der Waals surface area (Å²) < 4.78 is 65.5. The third kappa shape index (κ3) is 3.50. The predicted octanol–water partition coefficient (Wildman–Crippen LogP) is 2.89. The van der Waals surface area contributed by atoms with Crippen molar-refractivity contribution in [1.29, 1.82) is 5.26 Å². The Bertz CT molecular complexity index is 567. The minimum absolute atomic E-state index is 0.522. The molecule has 0 aliphatic carbocycles. The molecule has 0 spiro atoms. The van der Waals surface area contributed by atoms with Crippen molar-refractivity contribution in [2.75, 3.05) is 0 Å². The Morgan fingerprint density at radius 3 is 2.50 bits per heavy atom. The lowest BCUT2D eigenvalue weighted by atomic mass is 10.1. The third-order valence-corrected chi connectivity index (χ3v) is 2.00. The lowest BCUT2D eigenvalue weighted by Crippen LogP contribution is -2.20. The van der Waals surface area contributed by atoms with Gasteiger partial charge in [0, 0.05) is 0 Å². The molecule has 0 radical (unpaired) electrons. The SMILES string of the molecule is N#CCc1cnc([N+](=O)[O-])c(C(F)F)c1OC(F)(F)F. The Hall–Kier alpha value is -2.51. The number of halogens is 5. The van der Waals surface area contributed by atoms with E-state index in [1.54, 1.807) is 0 Å². The van der Waals surface area contributed by atoms with E-state index in [1.807, 2.05) is 0 Å². The molecule has 0 amide bonds. The Balaban J connectivity index is 3.57. The van der Waals surface area contributed by atoms with E-state index in [0.29, 0.717) is 6.20 Å². The lowest BCUT2D eigenvalue weighted by Gasteiger charge is -2.14. The van der Waals surface area contributed by atoms with Crippen LogP contribution in [0.15, 0.2) is 6.20 Å². The third-order valence-electron chi connectivity index (χ3n) is 2.00. The summed E-state index contributed by atoms with van der Waals surface area (Å²) in [4.78, 5) is 12.2. The van der Waals surface area contributed by atoms with Crippen molar-refractivity contribution >= 4 is 5.82 Å². The number of nitriles is 1. The number of rotatable bonds is 4. The number of hydrogen-bond acceptors (Lipinski definition) is 5. The van der Waals surface area contributed by atoms with Crippen molar-refractivity contribution < 1.29 is 31.6 Å². The Labute approximate surface area is 107 Å². The van der Waals surface area contributed by atoms with Gasteiger partial charge in [-0.05, 0) is 9.91 Å². The molecule has 1 rings (SSSR count). The molecule has 0 atom stereocenters. The summed E-state index contributed by atoms with van der Waals surface area (Å²) in [6.07, 6.45) is -9.17. The van der Waals surface area contributed by atoms with Crippen LogP contribution in [0.2, 0.25) is 0 Å². The van der Waals surface area contributed by atoms with Gasteiger partial charge in [0.1, 0.15) is 6.20 Å². The normalized spacial score (nSPS) is 11.2. The zero-order chi connectivity index (χ0) is 15.5. The van der Waals surface area contributed by atoms with Crippen molar-refractivity contribution in [2.24, 2.45) is 0 Å². The molecular formula is C9H4F5N3O3. The van der Waals surface area contributed by atoms with E-state index < -0.39 is 46.8 Å². The summed E-state index contributed by atoms with van der Waals surface area (Å²) in [6.45, 7) is 0. The fourth-order valence-electron chi connectivity index (χ4n) is 1.33. The van der Waals surface area contributed by atoms with Gasteiger partial charge in [0.05, 0.1) is 18.1 Å². The van der Waals surface area contributed by atoms with Gasteiger partial charge in [-0.2, -0.15) is 5.26 Å². The first-order chi connectivity index (χ1) is 9.17. The molecule has 108 valence electrons. The molecule has 6 nitrogen and oxygen atoms in total. The van der Waals surface area contributed by atoms with Crippen LogP contribution >= 0.6 is 0 Å². The molecule has 0 aliphatic heterocycles. The Morgan fingerprint density at radius 2 is 2.10 bits per heavy atom. The Kier molecular flexibility index (Phi) is 4.38.